The second kappa shape index (κ2) is 9.12. The highest BCUT2D eigenvalue weighted by atomic mass is 35.5. The molecule has 0 radical (unpaired) electrons. The van der Waals surface area contributed by atoms with Crippen molar-refractivity contribution in [3.63, 3.8) is 0 Å². The number of hydrogen-bond acceptors (Lipinski definition) is 3. The first-order valence-corrected chi connectivity index (χ1v) is 9.01. The summed E-state index contributed by atoms with van der Waals surface area (Å²) in [5, 5.41) is 0.418. The molecule has 0 aliphatic heterocycles. The number of carbonyl (C=O) groups excluding carboxylic acids is 2. The van der Waals surface area contributed by atoms with Gasteiger partial charge in [0.05, 0.1) is 20.9 Å². The highest BCUT2D eigenvalue weighted by Gasteiger charge is 2.31. The molecular weight excluding hydrogens is 355 g/mol. The molecule has 0 fully saturated rings. The summed E-state index contributed by atoms with van der Waals surface area (Å²) >= 11 is 6.26. The molecule has 2 aromatic carbocycles. The molecule has 3 nitrogen and oxygen atoms in total. The minimum Gasteiger partial charge on any atom is -0.451 e. The first kappa shape index (κ1) is 19.6. The van der Waals surface area contributed by atoms with Gasteiger partial charge in [0.25, 0.3) is 0 Å². The normalized spacial score (nSPS) is 13.1. The van der Waals surface area contributed by atoms with Crippen molar-refractivity contribution >= 4 is 32.8 Å². The largest absolute Gasteiger partial charge is 0.451 e. The Hall–Kier alpha value is -1.70. The minimum absolute atomic E-state index is 0.0288. The molecule has 0 aliphatic rings. The van der Waals surface area contributed by atoms with Gasteiger partial charge < -0.3 is 4.52 Å². The van der Waals surface area contributed by atoms with Crippen LogP contribution < -0.4 is 0 Å². The van der Waals surface area contributed by atoms with E-state index in [1.165, 1.54) is 0 Å². The van der Waals surface area contributed by atoms with Crippen LogP contribution in [0.3, 0.4) is 0 Å². The molecule has 25 heavy (non-hydrogen) atoms. The Morgan fingerprint density at radius 2 is 1.80 bits per heavy atom. The average Bonchev–Trinajstić information content (AvgIpc) is 2.59. The lowest BCUT2D eigenvalue weighted by molar-refractivity contribution is -0.134. The summed E-state index contributed by atoms with van der Waals surface area (Å²) in [7, 11) is 1.95. The third-order valence-corrected chi connectivity index (χ3v) is 4.99. The number of benzene rings is 2. The van der Waals surface area contributed by atoms with Gasteiger partial charge in [-0.25, -0.2) is 0 Å². The summed E-state index contributed by atoms with van der Waals surface area (Å²) in [5.74, 6) is -1.06. The third kappa shape index (κ3) is 5.14. The summed E-state index contributed by atoms with van der Waals surface area (Å²) in [6, 6.07) is 15.3. The molecule has 0 aromatic heterocycles. The topological polar surface area (TPSA) is 43.4 Å². The van der Waals surface area contributed by atoms with E-state index in [0.29, 0.717) is 17.0 Å². The number of carbonyl (C=O) groups is 2. The van der Waals surface area contributed by atoms with Crippen LogP contribution in [0.1, 0.15) is 34.8 Å². The van der Waals surface area contributed by atoms with Gasteiger partial charge in [0, 0.05) is 11.5 Å². The van der Waals surface area contributed by atoms with Gasteiger partial charge in [0.2, 0.25) is 0 Å². The van der Waals surface area contributed by atoms with Gasteiger partial charge in [0.1, 0.15) is 0 Å². The van der Waals surface area contributed by atoms with E-state index in [-0.39, 0.29) is 18.1 Å². The zero-order valence-corrected chi connectivity index (χ0v) is 16.3. The maximum atomic E-state index is 13.2. The first-order valence-electron chi connectivity index (χ1n) is 8.16. The van der Waals surface area contributed by atoms with Crippen molar-refractivity contribution < 1.29 is 14.1 Å². The van der Waals surface area contributed by atoms with Gasteiger partial charge in [0.15, 0.2) is 5.78 Å². The van der Waals surface area contributed by atoms with Crippen LogP contribution in [-0.4, -0.2) is 11.8 Å². The number of halogens is 1. The highest BCUT2D eigenvalue weighted by molar-refractivity contribution is 7.10. The van der Waals surface area contributed by atoms with Crippen LogP contribution in [0.2, 0.25) is 5.02 Å². The van der Waals surface area contributed by atoms with Crippen LogP contribution in [0.5, 0.6) is 0 Å². The van der Waals surface area contributed by atoms with Crippen molar-refractivity contribution in [2.75, 3.05) is 0 Å². The van der Waals surface area contributed by atoms with Crippen molar-refractivity contribution in [2.45, 2.75) is 26.7 Å². The van der Waals surface area contributed by atoms with Crippen LogP contribution in [0, 0.1) is 18.8 Å². The summed E-state index contributed by atoms with van der Waals surface area (Å²) in [6.45, 7) is 3.84. The number of ketones is 1. The summed E-state index contributed by atoms with van der Waals surface area (Å²) in [6.07, 6.45) is 0.728. The van der Waals surface area contributed by atoms with Gasteiger partial charge >= 0.3 is 5.97 Å². The monoisotopic (exact) mass is 376 g/mol. The fourth-order valence-corrected chi connectivity index (χ4v) is 3.45. The van der Waals surface area contributed by atoms with Gasteiger partial charge in [-0.05, 0) is 36.5 Å². The lowest BCUT2D eigenvalue weighted by atomic mass is 9.80. The van der Waals surface area contributed by atoms with Crippen LogP contribution in [-0.2, 0) is 15.7 Å². The van der Waals surface area contributed by atoms with Crippen molar-refractivity contribution in [3.8, 4) is 0 Å². The van der Waals surface area contributed by atoms with Crippen LogP contribution in [0.15, 0.2) is 48.5 Å². The Morgan fingerprint density at radius 3 is 2.40 bits per heavy atom. The molecule has 0 saturated heterocycles. The van der Waals surface area contributed by atoms with E-state index in [1.54, 1.807) is 6.07 Å². The standard InChI is InChI=1S/C20H22ClO3P/c1-13-7-6-10-17(21)19(13)20(23)16(12-18(22)24-25)14(2)11-15-8-4-3-5-9-15/h3-10,14,16H,11-12,25H2,1-2H3. The zero-order chi connectivity index (χ0) is 18.4. The van der Waals surface area contributed by atoms with Crippen LogP contribution in [0.4, 0.5) is 0 Å². The third-order valence-electron chi connectivity index (χ3n) is 4.41. The predicted molar refractivity (Wildman–Crippen MR) is 104 cm³/mol. The van der Waals surface area contributed by atoms with E-state index in [0.717, 1.165) is 11.1 Å². The number of aryl methyl sites for hydroxylation is 1. The average molecular weight is 377 g/mol. The van der Waals surface area contributed by atoms with E-state index in [4.69, 9.17) is 16.1 Å². The van der Waals surface area contributed by atoms with Gasteiger partial charge in [-0.2, -0.15) is 0 Å². The van der Waals surface area contributed by atoms with Crippen LogP contribution in [0.25, 0.3) is 0 Å². The Kier molecular flexibility index (Phi) is 7.16. The van der Waals surface area contributed by atoms with E-state index < -0.39 is 11.9 Å². The van der Waals surface area contributed by atoms with Crippen molar-refractivity contribution in [3.05, 3.63) is 70.2 Å². The second-order valence-corrected chi connectivity index (χ2v) is 6.91. The molecule has 0 spiro atoms. The van der Waals surface area contributed by atoms with Crippen molar-refractivity contribution in [1.29, 1.82) is 0 Å². The van der Waals surface area contributed by atoms with Crippen molar-refractivity contribution in [1.82, 2.24) is 0 Å². The Bertz CT molecular complexity index is 726. The van der Waals surface area contributed by atoms with Gasteiger partial charge in [-0.15, -0.1) is 0 Å². The van der Waals surface area contributed by atoms with E-state index in [9.17, 15) is 9.59 Å². The molecule has 132 valence electrons. The first-order chi connectivity index (χ1) is 11.9. The Labute approximate surface area is 156 Å². The molecule has 2 rings (SSSR count). The SMILES string of the molecule is Cc1cccc(Cl)c1C(=O)C(CC(=O)OP)C(C)Cc1ccccc1. The molecular formula is C20H22ClO3P. The van der Waals surface area contributed by atoms with E-state index >= 15 is 0 Å². The molecule has 3 atom stereocenters. The molecule has 3 unspecified atom stereocenters. The maximum Gasteiger partial charge on any atom is 0.308 e. The fraction of sp³-hybridized carbons (Fsp3) is 0.300. The fourth-order valence-electron chi connectivity index (χ4n) is 3.04. The molecule has 5 heteroatoms. The molecule has 0 N–H and O–H groups in total. The maximum absolute atomic E-state index is 13.2. The lowest BCUT2D eigenvalue weighted by Crippen LogP contribution is -2.27. The minimum atomic E-state index is -0.494. The molecule has 0 saturated carbocycles. The Morgan fingerprint density at radius 1 is 1.12 bits per heavy atom. The zero-order valence-electron chi connectivity index (χ0n) is 14.4. The van der Waals surface area contributed by atoms with Gasteiger partial charge in [-0.3, -0.25) is 9.59 Å². The molecule has 0 bridgehead atoms. The molecule has 0 amide bonds. The lowest BCUT2D eigenvalue weighted by Gasteiger charge is -2.23. The summed E-state index contributed by atoms with van der Waals surface area (Å²) in [4.78, 5) is 25.0. The Balaban J connectivity index is 2.31. The second-order valence-electron chi connectivity index (χ2n) is 6.26. The predicted octanol–water partition coefficient (Wildman–Crippen LogP) is 5.05. The number of Topliss-reactive ketones (excluding diaryl/α,β-unsaturated/α-hetero) is 1. The summed E-state index contributed by atoms with van der Waals surface area (Å²) in [5.41, 5.74) is 2.43. The molecule has 0 heterocycles. The number of hydrogen-bond donors (Lipinski definition) is 0. The molecule has 2 aromatic rings. The highest BCUT2D eigenvalue weighted by Crippen LogP contribution is 2.30. The van der Waals surface area contributed by atoms with Crippen LogP contribution >= 0.6 is 21.1 Å². The molecule has 0 aliphatic carbocycles. The van der Waals surface area contributed by atoms with E-state index in [2.05, 4.69) is 0 Å². The van der Waals surface area contributed by atoms with Gasteiger partial charge in [-0.1, -0.05) is 61.0 Å². The number of rotatable bonds is 7. The van der Waals surface area contributed by atoms with Crippen molar-refractivity contribution in [2.24, 2.45) is 11.8 Å². The smallest absolute Gasteiger partial charge is 0.308 e. The van der Waals surface area contributed by atoms with E-state index in [1.807, 2.05) is 65.8 Å². The summed E-state index contributed by atoms with van der Waals surface area (Å²) < 4.78 is 4.72. The quantitative estimate of drug-likeness (QED) is 0.501.